The lowest BCUT2D eigenvalue weighted by molar-refractivity contribution is 0.371. The van der Waals surface area contributed by atoms with E-state index in [0.717, 1.165) is 31.2 Å². The molecule has 0 aliphatic heterocycles. The molecule has 0 amide bonds. The van der Waals surface area contributed by atoms with Gasteiger partial charge in [0.25, 0.3) is 0 Å². The highest BCUT2D eigenvalue weighted by molar-refractivity contribution is 7.51. The van der Waals surface area contributed by atoms with Crippen LogP contribution in [0.15, 0.2) is 36.4 Å². The average molecular weight is 461 g/mol. The van der Waals surface area contributed by atoms with E-state index >= 15 is 0 Å². The first-order valence-electron chi connectivity index (χ1n) is 9.96. The Bertz CT molecular complexity index is 847. The molecule has 0 unspecified atom stereocenters. The lowest BCUT2D eigenvalue weighted by Gasteiger charge is -2.12. The molecule has 9 heteroatoms. The Balaban J connectivity index is 1.67. The molecule has 0 atom stereocenters. The summed E-state index contributed by atoms with van der Waals surface area (Å²) in [5, 5.41) is 6.54. The van der Waals surface area contributed by atoms with Gasteiger partial charge in [0.15, 0.2) is 0 Å². The third-order valence-electron chi connectivity index (χ3n) is 4.63. The minimum Gasteiger partial charge on any atom is -0.384 e. The minimum absolute atomic E-state index is 0.198. The van der Waals surface area contributed by atoms with Crippen LogP contribution in [0.4, 0.5) is 14.5 Å². The fraction of sp³-hybridized carbons (Fsp3) is 0.429. The molecule has 2 aromatic rings. The van der Waals surface area contributed by atoms with E-state index in [1.165, 1.54) is 18.2 Å². The van der Waals surface area contributed by atoms with Crippen molar-refractivity contribution in [3.8, 4) is 0 Å². The van der Waals surface area contributed by atoms with Crippen LogP contribution < -0.4 is 10.6 Å². The van der Waals surface area contributed by atoms with Crippen molar-refractivity contribution in [2.45, 2.75) is 38.6 Å². The van der Waals surface area contributed by atoms with Crippen LogP contribution in [0.2, 0.25) is 5.02 Å². The SMILES string of the molecule is O=P(O)(O)CCCNCc1cc(Cl)c(NCCCCCc2ccc(F)cc2)cc1F. The quantitative estimate of drug-likeness (QED) is 0.247. The van der Waals surface area contributed by atoms with Gasteiger partial charge in [-0.1, -0.05) is 30.2 Å². The van der Waals surface area contributed by atoms with Gasteiger partial charge in [-0.25, -0.2) is 8.78 Å². The Labute approximate surface area is 181 Å². The van der Waals surface area contributed by atoms with Gasteiger partial charge >= 0.3 is 7.60 Å². The van der Waals surface area contributed by atoms with Gasteiger partial charge in [-0.3, -0.25) is 4.57 Å². The summed E-state index contributed by atoms with van der Waals surface area (Å²) in [4.78, 5) is 17.6. The number of benzene rings is 2. The Morgan fingerprint density at radius 2 is 1.70 bits per heavy atom. The molecule has 2 rings (SSSR count). The zero-order chi connectivity index (χ0) is 22.0. The molecule has 0 aromatic heterocycles. The third kappa shape index (κ3) is 9.54. The van der Waals surface area contributed by atoms with Crippen molar-refractivity contribution >= 4 is 24.9 Å². The van der Waals surface area contributed by atoms with E-state index in [0.29, 0.717) is 35.8 Å². The molecule has 0 fully saturated rings. The molecule has 0 aliphatic carbocycles. The number of rotatable bonds is 13. The lowest BCUT2D eigenvalue weighted by Crippen LogP contribution is -2.17. The van der Waals surface area contributed by atoms with Crippen LogP contribution in [0.25, 0.3) is 0 Å². The van der Waals surface area contributed by atoms with Crippen LogP contribution in [0.5, 0.6) is 0 Å². The van der Waals surface area contributed by atoms with E-state index in [-0.39, 0.29) is 24.3 Å². The van der Waals surface area contributed by atoms with Gasteiger partial charge in [0, 0.05) is 18.7 Å². The van der Waals surface area contributed by atoms with Crippen molar-refractivity contribution in [2.75, 3.05) is 24.6 Å². The maximum atomic E-state index is 14.3. The molecule has 2 aromatic carbocycles. The van der Waals surface area contributed by atoms with Crippen molar-refractivity contribution < 1.29 is 23.1 Å². The second-order valence-electron chi connectivity index (χ2n) is 7.21. The monoisotopic (exact) mass is 460 g/mol. The number of unbranched alkanes of at least 4 members (excludes halogenated alkanes) is 2. The van der Waals surface area contributed by atoms with E-state index in [1.807, 2.05) is 0 Å². The number of aryl methyl sites for hydroxylation is 1. The van der Waals surface area contributed by atoms with E-state index in [9.17, 15) is 13.3 Å². The predicted molar refractivity (Wildman–Crippen MR) is 117 cm³/mol. The summed E-state index contributed by atoms with van der Waals surface area (Å²) in [7, 11) is -3.99. The van der Waals surface area contributed by atoms with E-state index < -0.39 is 7.60 Å². The summed E-state index contributed by atoms with van der Waals surface area (Å²) >= 11 is 6.24. The maximum absolute atomic E-state index is 14.3. The molecule has 4 N–H and O–H groups in total. The smallest absolute Gasteiger partial charge is 0.325 e. The van der Waals surface area contributed by atoms with Gasteiger partial charge in [0.2, 0.25) is 0 Å². The predicted octanol–water partition coefficient (Wildman–Crippen LogP) is 5.10. The molecule has 0 bridgehead atoms. The molecule has 0 saturated carbocycles. The molecule has 0 aliphatic rings. The van der Waals surface area contributed by atoms with Crippen LogP contribution in [-0.2, 0) is 17.5 Å². The summed E-state index contributed by atoms with van der Waals surface area (Å²) in [6.45, 7) is 1.28. The molecule has 30 heavy (non-hydrogen) atoms. The molecule has 0 spiro atoms. The summed E-state index contributed by atoms with van der Waals surface area (Å²) in [6, 6.07) is 9.45. The topological polar surface area (TPSA) is 81.6 Å². The molecule has 166 valence electrons. The number of nitrogens with one attached hydrogen (secondary N) is 2. The van der Waals surface area contributed by atoms with Crippen LogP contribution in [-0.4, -0.2) is 29.0 Å². The van der Waals surface area contributed by atoms with Crippen molar-refractivity contribution in [1.82, 2.24) is 5.32 Å². The summed E-state index contributed by atoms with van der Waals surface area (Å²) in [5.74, 6) is -0.616. The van der Waals surface area contributed by atoms with Crippen LogP contribution >= 0.6 is 19.2 Å². The molecule has 0 saturated heterocycles. The third-order valence-corrected chi connectivity index (χ3v) is 5.84. The Morgan fingerprint density at radius 1 is 0.967 bits per heavy atom. The van der Waals surface area contributed by atoms with Gasteiger partial charge in [-0.15, -0.1) is 0 Å². The van der Waals surface area contributed by atoms with Gasteiger partial charge in [0.05, 0.1) is 16.9 Å². The first kappa shape index (κ1) is 24.8. The second kappa shape index (κ2) is 12.4. The summed E-state index contributed by atoms with van der Waals surface area (Å²) in [6.07, 6.45) is 3.88. The summed E-state index contributed by atoms with van der Waals surface area (Å²) in [5.41, 5.74) is 2.05. The highest BCUT2D eigenvalue weighted by Gasteiger charge is 2.12. The van der Waals surface area contributed by atoms with Crippen molar-refractivity contribution in [3.05, 3.63) is 64.2 Å². The fourth-order valence-corrected chi connectivity index (χ4v) is 3.82. The van der Waals surface area contributed by atoms with E-state index in [4.69, 9.17) is 21.4 Å². The van der Waals surface area contributed by atoms with E-state index in [2.05, 4.69) is 10.6 Å². The second-order valence-corrected chi connectivity index (χ2v) is 9.39. The van der Waals surface area contributed by atoms with Crippen molar-refractivity contribution in [2.24, 2.45) is 0 Å². The van der Waals surface area contributed by atoms with Crippen LogP contribution in [0.3, 0.4) is 0 Å². The van der Waals surface area contributed by atoms with Crippen LogP contribution in [0, 0.1) is 11.6 Å². The van der Waals surface area contributed by atoms with Crippen molar-refractivity contribution in [3.63, 3.8) is 0 Å². The number of hydrogen-bond donors (Lipinski definition) is 4. The first-order valence-corrected chi connectivity index (χ1v) is 12.1. The Kier molecular flexibility index (Phi) is 10.2. The van der Waals surface area contributed by atoms with Gasteiger partial charge in [-0.05, 0) is 62.1 Å². The maximum Gasteiger partial charge on any atom is 0.325 e. The summed E-state index contributed by atoms with van der Waals surface area (Å²) < 4.78 is 38.0. The average Bonchev–Trinajstić information content (AvgIpc) is 2.68. The number of halogens is 3. The van der Waals surface area contributed by atoms with E-state index in [1.54, 1.807) is 18.2 Å². The first-order chi connectivity index (χ1) is 14.2. The zero-order valence-electron chi connectivity index (χ0n) is 16.7. The molecule has 0 radical (unpaired) electrons. The Hall–Kier alpha value is -1.50. The largest absolute Gasteiger partial charge is 0.384 e. The standard InChI is InChI=1S/C21H28ClF2N2O3P/c22-19-13-17(15-25-10-4-12-30(27,28)29)20(24)14-21(19)26-11-3-1-2-5-16-6-8-18(23)9-7-16/h6-9,13-14,25-26H,1-5,10-12,15H2,(H2,27,28,29). The zero-order valence-corrected chi connectivity index (χ0v) is 18.4. The molecular formula is C21H28ClF2N2O3P. The fourth-order valence-electron chi connectivity index (χ4n) is 3.00. The number of hydrogen-bond acceptors (Lipinski definition) is 3. The van der Waals surface area contributed by atoms with Gasteiger partial charge in [0.1, 0.15) is 11.6 Å². The molecular weight excluding hydrogens is 433 g/mol. The lowest BCUT2D eigenvalue weighted by atomic mass is 10.1. The molecule has 5 nitrogen and oxygen atoms in total. The van der Waals surface area contributed by atoms with Gasteiger partial charge < -0.3 is 20.4 Å². The van der Waals surface area contributed by atoms with Gasteiger partial charge in [-0.2, -0.15) is 0 Å². The molecule has 0 heterocycles. The normalized spacial score (nSPS) is 11.6. The minimum atomic E-state index is -3.99. The highest BCUT2D eigenvalue weighted by atomic mass is 35.5. The number of anilines is 1. The van der Waals surface area contributed by atoms with Crippen LogP contribution in [0.1, 0.15) is 36.8 Å². The van der Waals surface area contributed by atoms with Crippen molar-refractivity contribution in [1.29, 1.82) is 0 Å². The Morgan fingerprint density at radius 3 is 2.40 bits per heavy atom. The highest BCUT2D eigenvalue weighted by Crippen LogP contribution is 2.34.